The number of aliphatic carboxylic acids is 1. The summed E-state index contributed by atoms with van der Waals surface area (Å²) in [6.07, 6.45) is 4.17. The predicted octanol–water partition coefficient (Wildman–Crippen LogP) is 2.27. The van der Waals surface area contributed by atoms with Crippen LogP contribution in [0.25, 0.3) is 0 Å². The summed E-state index contributed by atoms with van der Waals surface area (Å²) in [6, 6.07) is 7.79. The van der Waals surface area contributed by atoms with Crippen LogP contribution in [0.1, 0.15) is 39.0 Å². The summed E-state index contributed by atoms with van der Waals surface area (Å²) in [5, 5.41) is 11.9. The van der Waals surface area contributed by atoms with Crippen LogP contribution in [0.2, 0.25) is 0 Å². The minimum Gasteiger partial charge on any atom is -0.494 e. The van der Waals surface area contributed by atoms with Crippen molar-refractivity contribution in [3.8, 4) is 5.75 Å². The Bertz CT molecular complexity index is 926. The van der Waals surface area contributed by atoms with E-state index in [1.165, 1.54) is 0 Å². The van der Waals surface area contributed by atoms with E-state index in [4.69, 9.17) is 14.2 Å². The van der Waals surface area contributed by atoms with E-state index in [0.29, 0.717) is 31.8 Å². The zero-order valence-electron chi connectivity index (χ0n) is 21.0. The number of hydrogen-bond donors (Lipinski definition) is 2. The molecule has 0 aromatic heterocycles. The van der Waals surface area contributed by atoms with Crippen molar-refractivity contribution >= 4 is 23.8 Å². The van der Waals surface area contributed by atoms with Gasteiger partial charge in [-0.1, -0.05) is 30.4 Å². The number of likely N-dealkylation sites (tertiary alicyclic amines) is 1. The van der Waals surface area contributed by atoms with Gasteiger partial charge in [-0.2, -0.15) is 0 Å². The van der Waals surface area contributed by atoms with E-state index in [-0.39, 0.29) is 31.3 Å². The van der Waals surface area contributed by atoms with Crippen molar-refractivity contribution in [2.75, 3.05) is 39.5 Å². The first-order valence-corrected chi connectivity index (χ1v) is 12.3. The molecule has 37 heavy (non-hydrogen) atoms. The Kier molecular flexibility index (Phi) is 12.5. The van der Waals surface area contributed by atoms with Gasteiger partial charge in [0, 0.05) is 19.3 Å². The number of para-hydroxylation sites is 1. The third kappa shape index (κ3) is 11.0. The van der Waals surface area contributed by atoms with Gasteiger partial charge in [-0.25, -0.2) is 9.18 Å². The summed E-state index contributed by atoms with van der Waals surface area (Å²) in [4.78, 5) is 48.5. The number of ether oxygens (including phenoxy) is 3. The van der Waals surface area contributed by atoms with Gasteiger partial charge in [0.05, 0.1) is 39.5 Å². The highest BCUT2D eigenvalue weighted by Gasteiger charge is 2.49. The Morgan fingerprint density at radius 2 is 1.95 bits per heavy atom. The number of rotatable bonds is 16. The maximum absolute atomic E-state index is 15.3. The molecule has 1 aromatic rings. The highest BCUT2D eigenvalue weighted by molar-refractivity contribution is 5.88. The monoisotopic (exact) mass is 522 g/mol. The minimum atomic E-state index is -2.03. The number of nitrogens with zero attached hydrogens (tertiary/aromatic N) is 1. The molecule has 0 radical (unpaired) electrons. The lowest BCUT2D eigenvalue weighted by molar-refractivity contribution is -0.148. The van der Waals surface area contributed by atoms with E-state index in [1.54, 1.807) is 31.2 Å². The molecule has 2 amide bonds. The Hall–Kier alpha value is -3.47. The molecule has 11 heteroatoms. The minimum absolute atomic E-state index is 0.0736. The normalized spacial score (nSPS) is 19.1. The van der Waals surface area contributed by atoms with Crippen LogP contribution in [0, 0.1) is 0 Å². The number of benzene rings is 1. The second-order valence-electron chi connectivity index (χ2n) is 8.60. The Morgan fingerprint density at radius 3 is 2.65 bits per heavy atom. The molecular weight excluding hydrogens is 487 g/mol. The molecule has 0 spiro atoms. The van der Waals surface area contributed by atoms with Gasteiger partial charge >= 0.3 is 11.9 Å². The lowest BCUT2D eigenvalue weighted by atomic mass is 10.0. The highest BCUT2D eigenvalue weighted by atomic mass is 19.1. The van der Waals surface area contributed by atoms with E-state index in [1.807, 2.05) is 18.2 Å². The summed E-state index contributed by atoms with van der Waals surface area (Å²) >= 11 is 0. The number of nitrogens with one attached hydrogen (secondary N) is 1. The summed E-state index contributed by atoms with van der Waals surface area (Å²) in [7, 11) is 0. The Balaban J connectivity index is 1.71. The third-order valence-corrected chi connectivity index (χ3v) is 5.55. The van der Waals surface area contributed by atoms with Crippen LogP contribution < -0.4 is 10.1 Å². The van der Waals surface area contributed by atoms with Crippen LogP contribution in [0.5, 0.6) is 5.75 Å². The van der Waals surface area contributed by atoms with Crippen LogP contribution in [-0.2, 0) is 28.7 Å². The lowest BCUT2D eigenvalue weighted by Crippen LogP contribution is -2.46. The van der Waals surface area contributed by atoms with Crippen LogP contribution in [0.3, 0.4) is 0 Å². The smallest absolute Gasteiger partial charge is 0.326 e. The molecule has 1 heterocycles. The highest BCUT2D eigenvalue weighted by Crippen LogP contribution is 2.31. The molecule has 1 aliphatic heterocycles. The second kappa shape index (κ2) is 15.6. The molecule has 1 aromatic carbocycles. The van der Waals surface area contributed by atoms with Gasteiger partial charge in [-0.05, 0) is 31.9 Å². The largest absolute Gasteiger partial charge is 0.494 e. The number of carboxylic acids is 1. The van der Waals surface area contributed by atoms with Gasteiger partial charge in [-0.3, -0.25) is 14.4 Å². The SMILES string of the molecule is CCOC(=O)CC/C=C/COCC1(F)CC(C(=O)O)N(C(=O)CNC(=O)CCCOc2ccccc2)C1. The fourth-order valence-corrected chi connectivity index (χ4v) is 3.76. The molecule has 2 unspecified atom stereocenters. The fraction of sp³-hybridized carbons (Fsp3) is 0.538. The Morgan fingerprint density at radius 1 is 1.19 bits per heavy atom. The molecule has 1 aliphatic rings. The quantitative estimate of drug-likeness (QED) is 0.192. The number of allylic oxidation sites excluding steroid dienone is 1. The molecule has 204 valence electrons. The van der Waals surface area contributed by atoms with Gasteiger partial charge in [0.15, 0.2) is 5.67 Å². The maximum atomic E-state index is 15.3. The average Bonchev–Trinajstić information content (AvgIpc) is 3.23. The van der Waals surface area contributed by atoms with E-state index in [0.717, 1.165) is 4.90 Å². The summed E-state index contributed by atoms with van der Waals surface area (Å²) in [5.74, 6) is -2.01. The van der Waals surface area contributed by atoms with E-state index >= 15 is 4.39 Å². The number of hydrogen-bond acceptors (Lipinski definition) is 7. The van der Waals surface area contributed by atoms with Crippen molar-refractivity contribution in [3.05, 3.63) is 42.5 Å². The first-order valence-electron chi connectivity index (χ1n) is 12.3. The van der Waals surface area contributed by atoms with Gasteiger partial charge in [0.2, 0.25) is 11.8 Å². The van der Waals surface area contributed by atoms with Crippen molar-refractivity contribution in [1.29, 1.82) is 0 Å². The standard InChI is InChI=1S/C26H35FN2O8/c1-2-36-24(32)13-7-4-8-14-35-19-26(27)16-21(25(33)34)29(18-26)23(31)17-28-22(30)12-9-15-37-20-10-5-3-6-11-20/h3-6,8,10-11,21H,2,7,9,12-19H2,1H3,(H,28,30)(H,33,34)/b8-4+. The van der Waals surface area contributed by atoms with Gasteiger partial charge in [-0.15, -0.1) is 0 Å². The third-order valence-electron chi connectivity index (χ3n) is 5.55. The van der Waals surface area contributed by atoms with Crippen molar-refractivity contribution in [1.82, 2.24) is 10.2 Å². The number of amides is 2. The molecule has 0 saturated carbocycles. The zero-order valence-corrected chi connectivity index (χ0v) is 21.0. The van der Waals surface area contributed by atoms with E-state index in [9.17, 15) is 24.3 Å². The predicted molar refractivity (Wildman–Crippen MR) is 132 cm³/mol. The molecule has 1 saturated heterocycles. The molecule has 2 N–H and O–H groups in total. The first-order chi connectivity index (χ1) is 17.7. The van der Waals surface area contributed by atoms with E-state index < -0.39 is 49.7 Å². The second-order valence-corrected chi connectivity index (χ2v) is 8.60. The molecule has 0 bridgehead atoms. The number of carbonyl (C=O) groups excluding carboxylic acids is 3. The van der Waals surface area contributed by atoms with Crippen LogP contribution in [0.4, 0.5) is 4.39 Å². The van der Waals surface area contributed by atoms with Gasteiger partial charge in [0.25, 0.3) is 0 Å². The van der Waals surface area contributed by atoms with Crippen molar-refractivity contribution < 1.29 is 42.9 Å². The van der Waals surface area contributed by atoms with E-state index in [2.05, 4.69) is 5.32 Å². The van der Waals surface area contributed by atoms with Crippen LogP contribution in [-0.4, -0.2) is 85.0 Å². The number of carbonyl (C=O) groups is 4. The Labute approximate surface area is 215 Å². The first kappa shape index (κ1) is 29.8. The molecule has 1 fully saturated rings. The van der Waals surface area contributed by atoms with Gasteiger partial charge in [0.1, 0.15) is 11.8 Å². The number of alkyl halides is 1. The fourth-order valence-electron chi connectivity index (χ4n) is 3.76. The molecule has 0 aliphatic carbocycles. The summed E-state index contributed by atoms with van der Waals surface area (Å²) < 4.78 is 30.9. The van der Waals surface area contributed by atoms with Crippen molar-refractivity contribution in [2.45, 2.75) is 50.7 Å². The number of esters is 1. The average molecular weight is 523 g/mol. The summed E-state index contributed by atoms with van der Waals surface area (Å²) in [5.41, 5.74) is -2.03. The summed E-state index contributed by atoms with van der Waals surface area (Å²) in [6.45, 7) is 1.17. The zero-order chi connectivity index (χ0) is 27.1. The number of halogens is 1. The molecule has 2 rings (SSSR count). The number of carboxylic acid groups (broad SMARTS) is 1. The van der Waals surface area contributed by atoms with Crippen molar-refractivity contribution in [2.24, 2.45) is 0 Å². The molecule has 2 atom stereocenters. The molecule has 10 nitrogen and oxygen atoms in total. The maximum Gasteiger partial charge on any atom is 0.326 e. The molecular formula is C26H35FN2O8. The van der Waals surface area contributed by atoms with Crippen molar-refractivity contribution in [3.63, 3.8) is 0 Å². The lowest BCUT2D eigenvalue weighted by Gasteiger charge is -2.22. The van der Waals surface area contributed by atoms with Crippen LogP contribution in [0.15, 0.2) is 42.5 Å². The topological polar surface area (TPSA) is 131 Å². The van der Waals surface area contributed by atoms with Crippen LogP contribution >= 0.6 is 0 Å². The van der Waals surface area contributed by atoms with Gasteiger partial charge < -0.3 is 29.5 Å².